The lowest BCUT2D eigenvalue weighted by molar-refractivity contribution is -0.190. The maximum atomic E-state index is 13.4. The van der Waals surface area contributed by atoms with Crippen molar-refractivity contribution in [1.29, 1.82) is 0 Å². The summed E-state index contributed by atoms with van der Waals surface area (Å²) in [6, 6.07) is 12.2. The Kier molecular flexibility index (Phi) is 7.93. The van der Waals surface area contributed by atoms with Gasteiger partial charge in [-0.05, 0) is 24.1 Å². The van der Waals surface area contributed by atoms with Crippen molar-refractivity contribution in [2.45, 2.75) is 25.7 Å². The summed E-state index contributed by atoms with van der Waals surface area (Å²) in [5, 5.41) is 3.94. The van der Waals surface area contributed by atoms with Crippen molar-refractivity contribution < 1.29 is 37.1 Å². The minimum absolute atomic E-state index is 0.00124. The number of ether oxygens (including phenoxy) is 2. The van der Waals surface area contributed by atoms with Gasteiger partial charge in [0.05, 0.1) is 13.2 Å². The van der Waals surface area contributed by atoms with Gasteiger partial charge in [0.2, 0.25) is 0 Å². The number of carbonyl (C=O) groups is 2. The third-order valence-electron chi connectivity index (χ3n) is 4.89. The molecular weight excluding hydrogens is 453 g/mol. The van der Waals surface area contributed by atoms with Gasteiger partial charge in [-0.15, -0.1) is 0 Å². The fourth-order valence-corrected chi connectivity index (χ4v) is 3.51. The van der Waals surface area contributed by atoms with Crippen LogP contribution in [0, 0.1) is 0 Å². The van der Waals surface area contributed by atoms with Crippen LogP contribution >= 0.6 is 0 Å². The predicted molar refractivity (Wildman–Crippen MR) is 117 cm³/mol. The van der Waals surface area contributed by atoms with E-state index in [1.807, 2.05) is 30.3 Å². The Labute approximate surface area is 194 Å². The van der Waals surface area contributed by atoms with Crippen LogP contribution in [-0.4, -0.2) is 48.4 Å². The first-order valence-corrected chi connectivity index (χ1v) is 10.4. The summed E-state index contributed by atoms with van der Waals surface area (Å²) >= 11 is 0. The van der Waals surface area contributed by atoms with Crippen LogP contribution in [0.4, 0.5) is 13.2 Å². The monoisotopic (exact) mass is 476 g/mol. The highest BCUT2D eigenvalue weighted by molar-refractivity contribution is 6.10. The average molecular weight is 476 g/mol. The molecule has 180 valence electrons. The van der Waals surface area contributed by atoms with Crippen molar-refractivity contribution in [3.05, 3.63) is 77.9 Å². The van der Waals surface area contributed by atoms with Crippen LogP contribution in [0.2, 0.25) is 0 Å². The van der Waals surface area contributed by atoms with E-state index in [0.29, 0.717) is 4.90 Å². The van der Waals surface area contributed by atoms with Crippen LogP contribution in [0.3, 0.4) is 0 Å². The average Bonchev–Trinajstić information content (AvgIpc) is 2.82. The van der Waals surface area contributed by atoms with Crippen molar-refractivity contribution in [3.63, 3.8) is 0 Å². The molecule has 1 amide bonds. The number of fused-ring (bicyclic) bond motifs is 1. The van der Waals surface area contributed by atoms with Gasteiger partial charge < -0.3 is 19.2 Å². The minimum Gasteiger partial charge on any atom is -0.488 e. The van der Waals surface area contributed by atoms with Crippen molar-refractivity contribution in [2.24, 2.45) is 5.16 Å². The molecule has 1 aliphatic heterocycles. The number of halogens is 3. The molecule has 1 atom stereocenters. The van der Waals surface area contributed by atoms with Crippen molar-refractivity contribution >= 4 is 17.6 Å². The molecule has 10 heteroatoms. The van der Waals surface area contributed by atoms with Crippen molar-refractivity contribution in [1.82, 2.24) is 4.90 Å². The number of esters is 1. The van der Waals surface area contributed by atoms with E-state index in [4.69, 9.17) is 14.3 Å². The zero-order valence-corrected chi connectivity index (χ0v) is 18.4. The molecule has 0 aromatic heterocycles. The standard InChI is InChI=1S/C24H23F3N2O5/c1-3-13-34-28-18-14-29(23(31)24(25,26)27)21(22(30)32-4-2)17-11-8-12-19(20(17)18)33-15-16-9-6-5-7-10-16/h3,5-12,21H,1,4,13-15H2,2H3. The summed E-state index contributed by atoms with van der Waals surface area (Å²) in [7, 11) is 0. The molecular formula is C24H23F3N2O5. The molecule has 1 heterocycles. The number of hydrogen-bond donors (Lipinski definition) is 0. The number of nitrogens with zero attached hydrogens (tertiary/aromatic N) is 2. The molecule has 1 unspecified atom stereocenters. The van der Waals surface area contributed by atoms with Gasteiger partial charge in [-0.3, -0.25) is 4.79 Å². The number of oxime groups is 1. The number of amides is 1. The normalized spacial score (nSPS) is 16.5. The van der Waals surface area contributed by atoms with Crippen LogP contribution in [-0.2, 0) is 25.8 Å². The molecule has 0 saturated heterocycles. The first-order valence-electron chi connectivity index (χ1n) is 10.4. The lowest BCUT2D eigenvalue weighted by Gasteiger charge is -2.36. The smallest absolute Gasteiger partial charge is 0.471 e. The van der Waals surface area contributed by atoms with E-state index in [0.717, 1.165) is 5.56 Å². The molecule has 2 aromatic rings. The molecule has 34 heavy (non-hydrogen) atoms. The fraction of sp³-hybridized carbons (Fsp3) is 0.292. The Morgan fingerprint density at radius 1 is 1.18 bits per heavy atom. The lowest BCUT2D eigenvalue weighted by Crippen LogP contribution is -2.51. The van der Waals surface area contributed by atoms with Crippen molar-refractivity contribution in [2.75, 3.05) is 19.8 Å². The van der Waals surface area contributed by atoms with E-state index in [2.05, 4.69) is 11.7 Å². The molecule has 0 spiro atoms. The Bertz CT molecular complexity index is 1070. The van der Waals surface area contributed by atoms with E-state index in [1.165, 1.54) is 25.1 Å². The van der Waals surface area contributed by atoms with Gasteiger partial charge in [0.15, 0.2) is 6.04 Å². The predicted octanol–water partition coefficient (Wildman–Crippen LogP) is 4.18. The second kappa shape index (κ2) is 10.9. The number of carbonyl (C=O) groups excluding carboxylic acids is 2. The van der Waals surface area contributed by atoms with E-state index in [1.54, 1.807) is 6.07 Å². The number of alkyl halides is 3. The highest BCUT2D eigenvalue weighted by Crippen LogP contribution is 2.38. The van der Waals surface area contributed by atoms with E-state index < -0.39 is 30.6 Å². The number of benzene rings is 2. The first kappa shape index (κ1) is 24.8. The molecule has 0 N–H and O–H groups in total. The van der Waals surface area contributed by atoms with Crippen LogP contribution < -0.4 is 4.74 Å². The molecule has 0 aliphatic carbocycles. The van der Waals surface area contributed by atoms with Crippen LogP contribution in [0.25, 0.3) is 0 Å². The van der Waals surface area contributed by atoms with Crippen molar-refractivity contribution in [3.8, 4) is 5.75 Å². The molecule has 0 radical (unpaired) electrons. The van der Waals surface area contributed by atoms with Gasteiger partial charge in [0, 0.05) is 5.56 Å². The topological polar surface area (TPSA) is 77.4 Å². The minimum atomic E-state index is -5.21. The lowest BCUT2D eigenvalue weighted by atomic mass is 9.90. The Morgan fingerprint density at radius 2 is 1.91 bits per heavy atom. The summed E-state index contributed by atoms with van der Waals surface area (Å²) in [5.41, 5.74) is 1.22. The van der Waals surface area contributed by atoms with Crippen LogP contribution in [0.1, 0.15) is 29.7 Å². The molecule has 0 fully saturated rings. The van der Waals surface area contributed by atoms with E-state index >= 15 is 0 Å². The molecule has 0 saturated carbocycles. The quantitative estimate of drug-likeness (QED) is 0.247. The van der Waals surface area contributed by atoms with Crippen LogP contribution in [0.5, 0.6) is 5.75 Å². The zero-order chi connectivity index (χ0) is 24.7. The van der Waals surface area contributed by atoms with Gasteiger partial charge >= 0.3 is 18.1 Å². The van der Waals surface area contributed by atoms with E-state index in [9.17, 15) is 22.8 Å². The maximum Gasteiger partial charge on any atom is 0.471 e. The van der Waals surface area contributed by atoms with E-state index in [-0.39, 0.29) is 42.4 Å². The Balaban J connectivity index is 2.11. The SMILES string of the molecule is C=CCON=C1CN(C(=O)C(F)(F)F)C(C(=O)OCC)c2cccc(OCc3ccccc3)c21. The van der Waals surface area contributed by atoms with Gasteiger partial charge in [0.25, 0.3) is 0 Å². The zero-order valence-electron chi connectivity index (χ0n) is 18.4. The molecule has 3 rings (SSSR count). The van der Waals surface area contributed by atoms with Gasteiger partial charge in [-0.2, -0.15) is 13.2 Å². The van der Waals surface area contributed by atoms with Gasteiger partial charge in [0.1, 0.15) is 24.7 Å². The summed E-state index contributed by atoms with van der Waals surface area (Å²) < 4.78 is 51.2. The third kappa shape index (κ3) is 5.56. The second-order valence-corrected chi connectivity index (χ2v) is 7.20. The Morgan fingerprint density at radius 3 is 2.56 bits per heavy atom. The summed E-state index contributed by atoms with van der Waals surface area (Å²) in [5.74, 6) is -2.91. The molecule has 7 nitrogen and oxygen atoms in total. The Hall–Kier alpha value is -3.82. The molecule has 2 aromatic carbocycles. The van der Waals surface area contributed by atoms with Crippen LogP contribution in [0.15, 0.2) is 66.3 Å². The summed E-state index contributed by atoms with van der Waals surface area (Å²) in [4.78, 5) is 30.5. The third-order valence-corrected chi connectivity index (χ3v) is 4.89. The van der Waals surface area contributed by atoms with Gasteiger partial charge in [-0.1, -0.05) is 60.3 Å². The fourth-order valence-electron chi connectivity index (χ4n) is 3.51. The summed E-state index contributed by atoms with van der Waals surface area (Å²) in [6.45, 7) is 4.46. The number of hydrogen-bond acceptors (Lipinski definition) is 6. The molecule has 1 aliphatic rings. The summed E-state index contributed by atoms with van der Waals surface area (Å²) in [6.07, 6.45) is -3.80. The second-order valence-electron chi connectivity index (χ2n) is 7.20. The largest absolute Gasteiger partial charge is 0.488 e. The molecule has 0 bridgehead atoms. The first-order chi connectivity index (χ1) is 16.3. The van der Waals surface area contributed by atoms with Gasteiger partial charge in [-0.25, -0.2) is 4.79 Å². The maximum absolute atomic E-state index is 13.4. The highest BCUT2D eigenvalue weighted by Gasteiger charge is 2.50. The highest BCUT2D eigenvalue weighted by atomic mass is 19.4. The number of rotatable bonds is 8.